The fraction of sp³-hybridized carbons (Fsp3) is 0.278. The fourth-order valence-corrected chi connectivity index (χ4v) is 4.23. The van der Waals surface area contributed by atoms with E-state index in [0.29, 0.717) is 38.3 Å². The first-order chi connectivity index (χ1) is 14.4. The largest absolute Gasteiger partial charge is 0.342 e. The van der Waals surface area contributed by atoms with Gasteiger partial charge in [0.15, 0.2) is 16.1 Å². The molecule has 0 spiro atoms. The highest BCUT2D eigenvalue weighted by Gasteiger charge is 2.20. The average Bonchev–Trinajstić information content (AvgIpc) is 3.37. The first-order valence-electron chi connectivity index (χ1n) is 8.90. The van der Waals surface area contributed by atoms with E-state index in [4.69, 9.17) is 23.2 Å². The third-order valence-electron chi connectivity index (χ3n) is 3.99. The van der Waals surface area contributed by atoms with Gasteiger partial charge in [0.25, 0.3) is 5.91 Å². The van der Waals surface area contributed by atoms with Crippen LogP contribution in [0.15, 0.2) is 34.9 Å². The Hall–Kier alpha value is -2.14. The number of halogens is 2. The fourth-order valence-electron chi connectivity index (χ4n) is 2.58. The van der Waals surface area contributed by atoms with Gasteiger partial charge in [-0.1, -0.05) is 35.0 Å². The number of anilines is 1. The van der Waals surface area contributed by atoms with E-state index >= 15 is 0 Å². The minimum Gasteiger partial charge on any atom is -0.342 e. The number of carbonyl (C=O) groups excluding carboxylic acids is 2. The third kappa shape index (κ3) is 5.51. The van der Waals surface area contributed by atoms with Crippen molar-refractivity contribution in [1.82, 2.24) is 25.1 Å². The van der Waals surface area contributed by atoms with Gasteiger partial charge in [0.1, 0.15) is 0 Å². The molecule has 0 saturated carbocycles. The van der Waals surface area contributed by atoms with Crippen LogP contribution >= 0.6 is 46.3 Å². The molecule has 0 aliphatic carbocycles. The van der Waals surface area contributed by atoms with Crippen LogP contribution in [0.25, 0.3) is 0 Å². The summed E-state index contributed by atoms with van der Waals surface area (Å²) in [5.74, 6) is 0.280. The highest BCUT2D eigenvalue weighted by Crippen LogP contribution is 2.24. The maximum Gasteiger partial charge on any atom is 0.251 e. The molecule has 30 heavy (non-hydrogen) atoms. The van der Waals surface area contributed by atoms with Crippen LogP contribution in [0.1, 0.15) is 36.1 Å². The van der Waals surface area contributed by atoms with Gasteiger partial charge in [-0.25, -0.2) is 4.98 Å². The van der Waals surface area contributed by atoms with Gasteiger partial charge in [-0.15, -0.1) is 21.5 Å². The molecule has 0 unspecified atom stereocenters. The van der Waals surface area contributed by atoms with Crippen LogP contribution in [0.4, 0.5) is 5.13 Å². The van der Waals surface area contributed by atoms with Gasteiger partial charge < -0.3 is 15.2 Å². The highest BCUT2D eigenvalue weighted by molar-refractivity contribution is 7.99. The molecular weight excluding hydrogens is 467 g/mol. The number of amides is 2. The van der Waals surface area contributed by atoms with Crippen LogP contribution in [0, 0.1) is 0 Å². The monoisotopic (exact) mass is 484 g/mol. The summed E-state index contributed by atoms with van der Waals surface area (Å²) in [4.78, 5) is 28.6. The van der Waals surface area contributed by atoms with Crippen LogP contribution in [-0.2, 0) is 11.3 Å². The van der Waals surface area contributed by atoms with Crippen molar-refractivity contribution < 1.29 is 9.59 Å². The Morgan fingerprint density at radius 2 is 2.07 bits per heavy atom. The summed E-state index contributed by atoms with van der Waals surface area (Å²) in [7, 11) is 0. The number of benzene rings is 1. The van der Waals surface area contributed by atoms with Crippen molar-refractivity contribution in [2.45, 2.75) is 31.6 Å². The molecule has 12 heteroatoms. The number of thiazole rings is 1. The summed E-state index contributed by atoms with van der Waals surface area (Å²) in [6.07, 6.45) is 1.63. The molecule has 2 N–H and O–H groups in total. The first-order valence-corrected chi connectivity index (χ1v) is 11.5. The normalized spacial score (nSPS) is 11.9. The second-order valence-corrected chi connectivity index (χ2v) is 8.73. The molecule has 0 radical (unpaired) electrons. The van der Waals surface area contributed by atoms with Gasteiger partial charge >= 0.3 is 0 Å². The molecular formula is C18H18Cl2N6O2S2. The summed E-state index contributed by atoms with van der Waals surface area (Å²) in [5.41, 5.74) is 0.396. The molecule has 1 aromatic carbocycles. The van der Waals surface area contributed by atoms with Gasteiger partial charge in [0.2, 0.25) is 5.91 Å². The van der Waals surface area contributed by atoms with Crippen LogP contribution in [-0.4, -0.2) is 37.3 Å². The minimum absolute atomic E-state index is 0.168. The molecule has 8 nitrogen and oxygen atoms in total. The smallest absolute Gasteiger partial charge is 0.251 e. The van der Waals surface area contributed by atoms with E-state index < -0.39 is 6.04 Å². The Balaban J connectivity index is 1.64. The van der Waals surface area contributed by atoms with Gasteiger partial charge in [0.05, 0.1) is 21.8 Å². The summed E-state index contributed by atoms with van der Waals surface area (Å²) in [6.45, 7) is 4.35. The predicted octanol–water partition coefficient (Wildman–Crippen LogP) is 4.28. The summed E-state index contributed by atoms with van der Waals surface area (Å²) >= 11 is 14.5. The standard InChI is InChI=1S/C18H18Cl2N6O2S2/c1-3-26-15(10(2)22-16(28)11-4-5-12(19)13(20)8-11)24-25-18(26)30-9-14(27)23-17-21-6-7-29-17/h4-8,10H,3,9H2,1-2H3,(H,22,28)(H,21,23,27)/t10-/m0/s1. The van der Waals surface area contributed by atoms with Gasteiger partial charge in [0, 0.05) is 23.7 Å². The van der Waals surface area contributed by atoms with Crippen LogP contribution in [0.2, 0.25) is 10.0 Å². The Labute approximate surface area is 191 Å². The van der Waals surface area contributed by atoms with E-state index in [1.807, 2.05) is 18.4 Å². The van der Waals surface area contributed by atoms with E-state index in [1.54, 1.807) is 23.7 Å². The lowest BCUT2D eigenvalue weighted by molar-refractivity contribution is -0.113. The van der Waals surface area contributed by atoms with Gasteiger partial charge in [-0.2, -0.15) is 0 Å². The van der Waals surface area contributed by atoms with E-state index in [1.165, 1.54) is 29.2 Å². The molecule has 0 saturated heterocycles. The van der Waals surface area contributed by atoms with Crippen molar-refractivity contribution in [3.05, 3.63) is 51.2 Å². The summed E-state index contributed by atoms with van der Waals surface area (Å²) < 4.78 is 1.86. The van der Waals surface area contributed by atoms with Crippen LogP contribution in [0.5, 0.6) is 0 Å². The number of carbonyl (C=O) groups is 2. The Kier molecular flexibility index (Phi) is 7.70. The molecule has 0 bridgehead atoms. The number of aromatic nitrogens is 4. The Morgan fingerprint density at radius 1 is 1.27 bits per heavy atom. The average molecular weight is 485 g/mol. The quantitative estimate of drug-likeness (QED) is 0.462. The van der Waals surface area contributed by atoms with Gasteiger partial charge in [-0.3, -0.25) is 9.59 Å². The lowest BCUT2D eigenvalue weighted by Gasteiger charge is -2.15. The summed E-state index contributed by atoms with van der Waals surface area (Å²) in [6, 6.07) is 4.28. The maximum atomic E-state index is 12.5. The maximum absolute atomic E-state index is 12.5. The molecule has 158 valence electrons. The number of rotatable bonds is 8. The lowest BCUT2D eigenvalue weighted by atomic mass is 10.2. The second kappa shape index (κ2) is 10.3. The number of thioether (sulfide) groups is 1. The number of hydrogen-bond acceptors (Lipinski definition) is 7. The second-order valence-electron chi connectivity index (χ2n) is 6.08. The molecule has 3 aromatic rings. The van der Waals surface area contributed by atoms with E-state index in [-0.39, 0.29) is 17.6 Å². The molecule has 1 atom stereocenters. The van der Waals surface area contributed by atoms with Crippen LogP contribution in [0.3, 0.4) is 0 Å². The predicted molar refractivity (Wildman–Crippen MR) is 120 cm³/mol. The number of nitrogens with zero attached hydrogens (tertiary/aromatic N) is 4. The van der Waals surface area contributed by atoms with Crippen molar-refractivity contribution in [2.24, 2.45) is 0 Å². The molecule has 2 aromatic heterocycles. The van der Waals surface area contributed by atoms with E-state index in [0.717, 1.165) is 0 Å². The molecule has 2 amide bonds. The molecule has 0 aliphatic rings. The zero-order valence-corrected chi connectivity index (χ0v) is 19.2. The van der Waals surface area contributed by atoms with Gasteiger partial charge in [-0.05, 0) is 32.0 Å². The summed E-state index contributed by atoms with van der Waals surface area (Å²) in [5, 5.41) is 17.6. The van der Waals surface area contributed by atoms with E-state index in [2.05, 4.69) is 25.8 Å². The molecule has 3 rings (SSSR count). The molecule has 0 aliphatic heterocycles. The topological polar surface area (TPSA) is 102 Å². The third-order valence-corrected chi connectivity index (χ3v) is 6.38. The zero-order chi connectivity index (χ0) is 21.7. The number of nitrogens with one attached hydrogen (secondary N) is 2. The minimum atomic E-state index is -0.405. The number of hydrogen-bond donors (Lipinski definition) is 2. The van der Waals surface area contributed by atoms with Crippen molar-refractivity contribution in [3.8, 4) is 0 Å². The van der Waals surface area contributed by atoms with Crippen molar-refractivity contribution in [3.63, 3.8) is 0 Å². The highest BCUT2D eigenvalue weighted by atomic mass is 35.5. The lowest BCUT2D eigenvalue weighted by Crippen LogP contribution is -2.28. The van der Waals surface area contributed by atoms with E-state index in [9.17, 15) is 9.59 Å². The zero-order valence-electron chi connectivity index (χ0n) is 16.1. The van der Waals surface area contributed by atoms with Crippen molar-refractivity contribution >= 4 is 63.2 Å². The van der Waals surface area contributed by atoms with Crippen LogP contribution < -0.4 is 10.6 Å². The first kappa shape index (κ1) is 22.5. The van der Waals surface area contributed by atoms with Crippen molar-refractivity contribution in [1.29, 1.82) is 0 Å². The molecule has 0 fully saturated rings. The SMILES string of the molecule is CCn1c(SCC(=O)Nc2nccs2)nnc1[C@H](C)NC(=O)c1ccc(Cl)c(Cl)c1. The van der Waals surface area contributed by atoms with Crippen molar-refractivity contribution in [2.75, 3.05) is 11.1 Å². The Morgan fingerprint density at radius 3 is 2.73 bits per heavy atom. The molecule has 2 heterocycles. The Bertz CT molecular complexity index is 1040.